The van der Waals surface area contributed by atoms with Gasteiger partial charge in [-0.15, -0.1) is 0 Å². The maximum atomic E-state index is 13.8. The molecule has 0 aliphatic rings. The van der Waals surface area contributed by atoms with Gasteiger partial charge in [0, 0.05) is 0 Å². The number of carboxylic acids is 1. The monoisotopic (exact) mass is 360 g/mol. The minimum absolute atomic E-state index is 0.0526. The van der Waals surface area contributed by atoms with Crippen molar-refractivity contribution in [2.24, 2.45) is 11.3 Å². The van der Waals surface area contributed by atoms with E-state index in [9.17, 15) is 22.8 Å². The molecule has 1 atom stereocenters. The van der Waals surface area contributed by atoms with Crippen molar-refractivity contribution in [3.8, 4) is 0 Å². The lowest BCUT2D eigenvalue weighted by Gasteiger charge is -2.27. The highest BCUT2D eigenvalue weighted by Gasteiger charge is 2.51. The molecule has 0 saturated heterocycles. The number of benzene rings is 1. The molecule has 7 heteroatoms. The van der Waals surface area contributed by atoms with Crippen molar-refractivity contribution in [2.75, 3.05) is 0 Å². The Balaban J connectivity index is 3.20. The Bertz CT molecular complexity index is 648. The van der Waals surface area contributed by atoms with Crippen LogP contribution in [0.25, 0.3) is 0 Å². The zero-order valence-corrected chi connectivity index (χ0v) is 14.9. The fourth-order valence-electron chi connectivity index (χ4n) is 2.41. The quantitative estimate of drug-likeness (QED) is 0.768. The Hall–Kier alpha value is -2.05. The number of halogens is 3. The van der Waals surface area contributed by atoms with Crippen molar-refractivity contribution in [3.63, 3.8) is 0 Å². The van der Waals surface area contributed by atoms with Gasteiger partial charge in [0.05, 0.1) is 5.56 Å². The summed E-state index contributed by atoms with van der Waals surface area (Å²) >= 11 is 0. The molecule has 0 saturated carbocycles. The predicted octanol–water partition coefficient (Wildman–Crippen LogP) is 4.32. The van der Waals surface area contributed by atoms with E-state index >= 15 is 0 Å². The van der Waals surface area contributed by atoms with Gasteiger partial charge < -0.3 is 9.84 Å². The lowest BCUT2D eigenvalue weighted by atomic mass is 9.86. The van der Waals surface area contributed by atoms with Crippen LogP contribution in [-0.4, -0.2) is 29.1 Å². The molecule has 0 spiro atoms. The molecule has 1 N–H and O–H groups in total. The predicted molar refractivity (Wildman–Crippen MR) is 86.2 cm³/mol. The molecule has 0 heterocycles. The molecule has 0 aliphatic heterocycles. The van der Waals surface area contributed by atoms with E-state index in [1.54, 1.807) is 0 Å². The standard InChI is InChI=1S/C18H23F3O4/c1-10(2)14(18(20,21)16(23)24)25-15(22)13-7-6-12(19)8-11(13)9-17(3,4)5/h6-8,10,14H,9H2,1-5H3,(H,23,24). The van der Waals surface area contributed by atoms with Gasteiger partial charge in [0.25, 0.3) is 0 Å². The third-order valence-corrected chi connectivity index (χ3v) is 3.49. The van der Waals surface area contributed by atoms with Crippen LogP contribution in [0, 0.1) is 17.2 Å². The number of carbonyl (C=O) groups excluding carboxylic acids is 1. The number of carboxylic acid groups (broad SMARTS) is 1. The molecule has 0 radical (unpaired) electrons. The minimum Gasteiger partial charge on any atom is -0.477 e. The fourth-order valence-corrected chi connectivity index (χ4v) is 2.41. The van der Waals surface area contributed by atoms with Gasteiger partial charge in [-0.1, -0.05) is 34.6 Å². The lowest BCUT2D eigenvalue weighted by Crippen LogP contribution is -2.47. The van der Waals surface area contributed by atoms with Crippen LogP contribution in [0.3, 0.4) is 0 Å². The van der Waals surface area contributed by atoms with Crippen molar-refractivity contribution in [2.45, 2.75) is 53.1 Å². The summed E-state index contributed by atoms with van der Waals surface area (Å²) in [5.74, 6) is -9.19. The molecule has 1 rings (SSSR count). The SMILES string of the molecule is CC(C)C(OC(=O)c1ccc(F)cc1CC(C)(C)C)C(F)(F)C(=O)O. The zero-order chi connectivity index (χ0) is 19.6. The second-order valence-corrected chi connectivity index (χ2v) is 7.54. The molecule has 140 valence electrons. The Kier molecular flexibility index (Phi) is 6.26. The van der Waals surface area contributed by atoms with Gasteiger partial charge in [0.2, 0.25) is 0 Å². The van der Waals surface area contributed by atoms with Gasteiger partial charge in [-0.3, -0.25) is 0 Å². The minimum atomic E-state index is -4.23. The van der Waals surface area contributed by atoms with Crippen molar-refractivity contribution < 1.29 is 32.6 Å². The topological polar surface area (TPSA) is 63.6 Å². The van der Waals surface area contributed by atoms with E-state index in [2.05, 4.69) is 0 Å². The second kappa shape index (κ2) is 7.45. The summed E-state index contributed by atoms with van der Waals surface area (Å²) in [6.07, 6.45) is -1.82. The van der Waals surface area contributed by atoms with E-state index in [4.69, 9.17) is 9.84 Å². The first-order valence-electron chi connectivity index (χ1n) is 7.86. The highest BCUT2D eigenvalue weighted by molar-refractivity contribution is 5.91. The number of ether oxygens (including phenoxy) is 1. The smallest absolute Gasteiger partial charge is 0.378 e. The maximum Gasteiger partial charge on any atom is 0.378 e. The molecule has 0 aromatic heterocycles. The van der Waals surface area contributed by atoms with Crippen molar-refractivity contribution in [1.82, 2.24) is 0 Å². The van der Waals surface area contributed by atoms with Crippen LogP contribution in [-0.2, 0) is 16.0 Å². The van der Waals surface area contributed by atoms with Gasteiger partial charge in [-0.2, -0.15) is 8.78 Å². The largest absolute Gasteiger partial charge is 0.477 e. The molecule has 25 heavy (non-hydrogen) atoms. The zero-order valence-electron chi connectivity index (χ0n) is 14.9. The van der Waals surface area contributed by atoms with Crippen molar-refractivity contribution in [3.05, 3.63) is 35.1 Å². The Morgan fingerprint density at radius 2 is 1.76 bits per heavy atom. The van der Waals surface area contributed by atoms with Gasteiger partial charge in [0.1, 0.15) is 5.82 Å². The Morgan fingerprint density at radius 1 is 1.20 bits per heavy atom. The molecular formula is C18H23F3O4. The van der Waals surface area contributed by atoms with E-state index in [1.165, 1.54) is 13.8 Å². The molecule has 0 amide bonds. The van der Waals surface area contributed by atoms with Crippen LogP contribution in [0.4, 0.5) is 13.2 Å². The maximum absolute atomic E-state index is 13.8. The summed E-state index contributed by atoms with van der Waals surface area (Å²) in [4.78, 5) is 23.2. The van der Waals surface area contributed by atoms with Gasteiger partial charge in [-0.05, 0) is 41.5 Å². The van der Waals surface area contributed by atoms with E-state index in [0.717, 1.165) is 18.2 Å². The Morgan fingerprint density at radius 3 is 2.20 bits per heavy atom. The third kappa shape index (κ3) is 5.47. The molecule has 1 aromatic carbocycles. The highest BCUT2D eigenvalue weighted by atomic mass is 19.3. The average Bonchev–Trinajstić information content (AvgIpc) is 2.42. The molecular weight excluding hydrogens is 337 g/mol. The molecule has 0 aliphatic carbocycles. The molecule has 0 bridgehead atoms. The van der Waals surface area contributed by atoms with Crippen LogP contribution in [0.5, 0.6) is 0 Å². The Labute approximate surface area is 145 Å². The number of hydrogen-bond acceptors (Lipinski definition) is 3. The van der Waals surface area contributed by atoms with Crippen LogP contribution in [0.1, 0.15) is 50.5 Å². The van der Waals surface area contributed by atoms with Crippen LogP contribution >= 0.6 is 0 Å². The van der Waals surface area contributed by atoms with E-state index in [-0.39, 0.29) is 11.0 Å². The summed E-state index contributed by atoms with van der Waals surface area (Å²) in [5.41, 5.74) is -0.0209. The molecule has 1 aromatic rings. The number of aliphatic carboxylic acids is 1. The summed E-state index contributed by atoms with van der Waals surface area (Å²) in [7, 11) is 0. The molecule has 4 nitrogen and oxygen atoms in total. The summed E-state index contributed by atoms with van der Waals surface area (Å²) in [5, 5.41) is 8.70. The first-order chi connectivity index (χ1) is 11.3. The summed E-state index contributed by atoms with van der Waals surface area (Å²) in [6.45, 7) is 8.29. The number of alkyl halides is 2. The van der Waals surface area contributed by atoms with Crippen LogP contribution in [0.2, 0.25) is 0 Å². The van der Waals surface area contributed by atoms with Crippen LogP contribution in [0.15, 0.2) is 18.2 Å². The van der Waals surface area contributed by atoms with E-state index < -0.39 is 35.7 Å². The third-order valence-electron chi connectivity index (χ3n) is 3.49. The normalized spacial score (nSPS) is 13.6. The average molecular weight is 360 g/mol. The van der Waals surface area contributed by atoms with Gasteiger partial charge in [0.15, 0.2) is 6.10 Å². The number of esters is 1. The van der Waals surface area contributed by atoms with E-state index in [0.29, 0.717) is 12.0 Å². The second-order valence-electron chi connectivity index (χ2n) is 7.54. The highest BCUT2D eigenvalue weighted by Crippen LogP contribution is 2.30. The summed E-state index contributed by atoms with van der Waals surface area (Å²) in [6, 6.07) is 3.35. The number of rotatable bonds is 6. The fraction of sp³-hybridized carbons (Fsp3) is 0.556. The van der Waals surface area contributed by atoms with Gasteiger partial charge >= 0.3 is 17.9 Å². The van der Waals surface area contributed by atoms with Gasteiger partial charge in [-0.25, -0.2) is 14.0 Å². The first-order valence-corrected chi connectivity index (χ1v) is 7.86. The van der Waals surface area contributed by atoms with Crippen molar-refractivity contribution in [1.29, 1.82) is 0 Å². The van der Waals surface area contributed by atoms with E-state index in [1.807, 2.05) is 20.8 Å². The molecule has 1 unspecified atom stereocenters. The molecule has 0 fully saturated rings. The lowest BCUT2D eigenvalue weighted by molar-refractivity contribution is -0.187. The first kappa shape index (κ1) is 21.0. The van der Waals surface area contributed by atoms with Crippen LogP contribution < -0.4 is 0 Å². The number of carbonyl (C=O) groups is 2. The number of hydrogen-bond donors (Lipinski definition) is 1. The summed E-state index contributed by atoms with van der Waals surface area (Å²) < 4.78 is 46.0. The van der Waals surface area contributed by atoms with Crippen molar-refractivity contribution >= 4 is 11.9 Å².